The van der Waals surface area contributed by atoms with E-state index >= 15 is 0 Å². The second kappa shape index (κ2) is 11.9. The normalized spacial score (nSPS) is 13.2. The summed E-state index contributed by atoms with van der Waals surface area (Å²) >= 11 is 0. The Morgan fingerprint density at radius 1 is 1.20 bits per heavy atom. The van der Waals surface area contributed by atoms with Crippen LogP contribution in [0.1, 0.15) is 43.4 Å². The molecule has 7 nitrogen and oxygen atoms in total. The Morgan fingerprint density at radius 3 is 2.40 bits per heavy atom. The van der Waals surface area contributed by atoms with Gasteiger partial charge in [-0.15, -0.1) is 24.0 Å². The summed E-state index contributed by atoms with van der Waals surface area (Å²) in [6.07, 6.45) is 0.807. The Labute approximate surface area is 195 Å². The molecule has 1 aromatic carbocycles. The SMILES string of the molecule is CCNC(=NCC(C)(O)c1cc(C)oc1C)NCCc1ccc(NC(C)=O)cc1.I. The van der Waals surface area contributed by atoms with E-state index in [2.05, 4.69) is 20.9 Å². The maximum atomic E-state index is 11.1. The molecule has 1 aromatic heterocycles. The number of halogens is 1. The Bertz CT molecular complexity index is 845. The summed E-state index contributed by atoms with van der Waals surface area (Å²) in [5, 5.41) is 20.1. The van der Waals surface area contributed by atoms with Crippen LogP contribution in [-0.2, 0) is 16.8 Å². The summed E-state index contributed by atoms with van der Waals surface area (Å²) in [6.45, 7) is 10.6. The topological polar surface area (TPSA) is 98.9 Å². The average Bonchev–Trinajstić information content (AvgIpc) is 3.00. The highest BCUT2D eigenvalue weighted by molar-refractivity contribution is 14.0. The summed E-state index contributed by atoms with van der Waals surface area (Å²) in [6, 6.07) is 9.62. The average molecular weight is 528 g/mol. The number of carbonyl (C=O) groups is 1. The molecule has 0 fully saturated rings. The summed E-state index contributed by atoms with van der Waals surface area (Å²) in [5.41, 5.74) is 1.59. The largest absolute Gasteiger partial charge is 0.466 e. The number of rotatable bonds is 8. The van der Waals surface area contributed by atoms with Gasteiger partial charge in [0.1, 0.15) is 17.1 Å². The van der Waals surface area contributed by atoms with Gasteiger partial charge in [0, 0.05) is 31.3 Å². The number of aliphatic hydroxyl groups is 1. The summed E-state index contributed by atoms with van der Waals surface area (Å²) < 4.78 is 5.54. The Kier molecular flexibility index (Phi) is 10.3. The molecule has 0 aliphatic carbocycles. The smallest absolute Gasteiger partial charge is 0.221 e. The van der Waals surface area contributed by atoms with Crippen molar-refractivity contribution in [2.24, 2.45) is 4.99 Å². The zero-order valence-corrected chi connectivity index (χ0v) is 20.7. The van der Waals surface area contributed by atoms with Gasteiger partial charge in [0.2, 0.25) is 5.91 Å². The van der Waals surface area contributed by atoms with E-state index in [1.165, 1.54) is 6.92 Å². The molecular formula is C22H33IN4O3. The van der Waals surface area contributed by atoms with Crippen LogP contribution in [0.2, 0.25) is 0 Å². The second-order valence-electron chi connectivity index (χ2n) is 7.35. The van der Waals surface area contributed by atoms with Gasteiger partial charge in [0.05, 0.1) is 6.54 Å². The molecule has 0 aliphatic rings. The fourth-order valence-electron chi connectivity index (χ4n) is 3.11. The maximum Gasteiger partial charge on any atom is 0.221 e. The van der Waals surface area contributed by atoms with Gasteiger partial charge >= 0.3 is 0 Å². The number of hydrogen-bond acceptors (Lipinski definition) is 4. The van der Waals surface area contributed by atoms with Crippen molar-refractivity contribution in [2.45, 2.75) is 46.6 Å². The quantitative estimate of drug-likeness (QED) is 0.239. The van der Waals surface area contributed by atoms with E-state index < -0.39 is 5.60 Å². The van der Waals surface area contributed by atoms with Gasteiger partial charge in [-0.05, 0) is 57.9 Å². The van der Waals surface area contributed by atoms with E-state index in [1.54, 1.807) is 6.92 Å². The molecule has 30 heavy (non-hydrogen) atoms. The molecule has 166 valence electrons. The molecule has 2 rings (SSSR count). The zero-order chi connectivity index (χ0) is 21.4. The minimum Gasteiger partial charge on any atom is -0.466 e. The third kappa shape index (κ3) is 7.98. The van der Waals surface area contributed by atoms with Crippen molar-refractivity contribution in [1.29, 1.82) is 0 Å². The summed E-state index contributed by atoms with van der Waals surface area (Å²) in [7, 11) is 0. The fraction of sp³-hybridized carbons (Fsp3) is 0.455. The van der Waals surface area contributed by atoms with E-state index in [9.17, 15) is 9.90 Å². The number of aliphatic imine (C=N–C) groups is 1. The van der Waals surface area contributed by atoms with Crippen molar-refractivity contribution in [3.05, 3.63) is 53.0 Å². The minimum atomic E-state index is -1.11. The van der Waals surface area contributed by atoms with Gasteiger partial charge < -0.3 is 25.5 Å². The van der Waals surface area contributed by atoms with Crippen LogP contribution in [0.4, 0.5) is 5.69 Å². The lowest BCUT2D eigenvalue weighted by Gasteiger charge is -2.21. The highest BCUT2D eigenvalue weighted by Crippen LogP contribution is 2.27. The number of guanidine groups is 1. The van der Waals surface area contributed by atoms with Gasteiger partial charge in [-0.1, -0.05) is 12.1 Å². The number of nitrogens with one attached hydrogen (secondary N) is 3. The minimum absolute atomic E-state index is 0. The molecule has 0 bridgehead atoms. The van der Waals surface area contributed by atoms with Gasteiger partial charge in [-0.25, -0.2) is 4.99 Å². The van der Waals surface area contributed by atoms with Crippen molar-refractivity contribution in [1.82, 2.24) is 10.6 Å². The Hall–Kier alpha value is -2.07. The number of aryl methyl sites for hydroxylation is 2. The molecular weight excluding hydrogens is 495 g/mol. The van der Waals surface area contributed by atoms with Crippen molar-refractivity contribution in [2.75, 3.05) is 25.0 Å². The van der Waals surface area contributed by atoms with Crippen LogP contribution in [0.25, 0.3) is 0 Å². The van der Waals surface area contributed by atoms with Gasteiger partial charge in [-0.2, -0.15) is 0 Å². The standard InChI is InChI=1S/C22H32N4O3.HI/c1-6-23-21(25-14-22(5,28)20-13-15(2)29-16(20)3)24-12-11-18-7-9-19(10-8-18)26-17(4)27;/h7-10,13,28H,6,11-12,14H2,1-5H3,(H,26,27)(H2,23,24,25);1H. The first-order valence-corrected chi connectivity index (χ1v) is 9.90. The van der Waals surface area contributed by atoms with Crippen molar-refractivity contribution < 1.29 is 14.3 Å². The van der Waals surface area contributed by atoms with Crippen LogP contribution in [0.3, 0.4) is 0 Å². The van der Waals surface area contributed by atoms with E-state index in [0.717, 1.165) is 35.5 Å². The van der Waals surface area contributed by atoms with Gasteiger partial charge in [0.25, 0.3) is 0 Å². The lowest BCUT2D eigenvalue weighted by atomic mass is 9.96. The van der Waals surface area contributed by atoms with Crippen LogP contribution in [0.5, 0.6) is 0 Å². The summed E-state index contributed by atoms with van der Waals surface area (Å²) in [5.74, 6) is 2.06. The number of hydrogen-bond donors (Lipinski definition) is 4. The fourth-order valence-corrected chi connectivity index (χ4v) is 3.11. The third-order valence-electron chi connectivity index (χ3n) is 4.49. The Morgan fingerprint density at radius 2 is 1.87 bits per heavy atom. The molecule has 0 radical (unpaired) electrons. The predicted molar refractivity (Wildman–Crippen MR) is 132 cm³/mol. The van der Waals surface area contributed by atoms with E-state index in [0.29, 0.717) is 18.3 Å². The molecule has 0 saturated heterocycles. The number of carbonyl (C=O) groups excluding carboxylic acids is 1. The van der Waals surface area contributed by atoms with Crippen molar-refractivity contribution >= 4 is 41.5 Å². The molecule has 1 heterocycles. The molecule has 1 unspecified atom stereocenters. The number of benzene rings is 1. The first-order chi connectivity index (χ1) is 13.7. The lowest BCUT2D eigenvalue weighted by Crippen LogP contribution is -2.39. The molecule has 4 N–H and O–H groups in total. The van der Waals surface area contributed by atoms with Crippen molar-refractivity contribution in [3.8, 4) is 0 Å². The van der Waals surface area contributed by atoms with E-state index in [1.807, 2.05) is 51.1 Å². The number of furan rings is 1. The monoisotopic (exact) mass is 528 g/mol. The molecule has 0 spiro atoms. The predicted octanol–water partition coefficient (Wildman–Crippen LogP) is 3.48. The van der Waals surface area contributed by atoms with Crippen molar-refractivity contribution in [3.63, 3.8) is 0 Å². The first-order valence-electron chi connectivity index (χ1n) is 9.90. The molecule has 1 amide bonds. The van der Waals surface area contributed by atoms with Crippen LogP contribution in [0.15, 0.2) is 39.7 Å². The lowest BCUT2D eigenvalue weighted by molar-refractivity contribution is -0.114. The molecule has 0 aliphatic heterocycles. The van der Waals surface area contributed by atoms with Gasteiger partial charge in [0.15, 0.2) is 5.96 Å². The zero-order valence-electron chi connectivity index (χ0n) is 18.3. The first kappa shape index (κ1) is 26.0. The van der Waals surface area contributed by atoms with E-state index in [-0.39, 0.29) is 36.4 Å². The highest BCUT2D eigenvalue weighted by atomic mass is 127. The molecule has 0 saturated carbocycles. The van der Waals surface area contributed by atoms with Crippen LogP contribution in [0, 0.1) is 13.8 Å². The van der Waals surface area contributed by atoms with Crippen LogP contribution >= 0.6 is 24.0 Å². The van der Waals surface area contributed by atoms with Crippen LogP contribution < -0.4 is 16.0 Å². The summed E-state index contributed by atoms with van der Waals surface area (Å²) in [4.78, 5) is 15.6. The third-order valence-corrected chi connectivity index (χ3v) is 4.49. The number of amides is 1. The second-order valence-corrected chi connectivity index (χ2v) is 7.35. The molecule has 2 aromatic rings. The highest BCUT2D eigenvalue weighted by Gasteiger charge is 2.27. The van der Waals surface area contributed by atoms with E-state index in [4.69, 9.17) is 4.42 Å². The number of anilines is 1. The maximum absolute atomic E-state index is 11.1. The molecule has 8 heteroatoms. The Balaban J connectivity index is 0.00000450. The number of nitrogens with zero attached hydrogens (tertiary/aromatic N) is 1. The molecule has 1 atom stereocenters. The van der Waals surface area contributed by atoms with Crippen LogP contribution in [-0.4, -0.2) is 36.6 Å². The van der Waals surface area contributed by atoms with Gasteiger partial charge in [-0.3, -0.25) is 4.79 Å².